The maximum atomic E-state index is 12.2. The highest BCUT2D eigenvalue weighted by Gasteiger charge is 2.14. The van der Waals surface area contributed by atoms with E-state index in [1.165, 1.54) is 7.11 Å². The highest BCUT2D eigenvalue weighted by Crippen LogP contribution is 2.24. The van der Waals surface area contributed by atoms with E-state index >= 15 is 0 Å². The van der Waals surface area contributed by atoms with Gasteiger partial charge in [0.05, 0.1) is 14.2 Å². The van der Waals surface area contributed by atoms with Crippen molar-refractivity contribution < 1.29 is 23.5 Å². The summed E-state index contributed by atoms with van der Waals surface area (Å²) < 4.78 is 20.9. The second-order valence-electron chi connectivity index (χ2n) is 5.19. The average Bonchev–Trinajstić information content (AvgIpc) is 3.15. The summed E-state index contributed by atoms with van der Waals surface area (Å²) in [5, 5.41) is 3.93. The van der Waals surface area contributed by atoms with Crippen LogP contribution in [0.5, 0.6) is 11.5 Å². The van der Waals surface area contributed by atoms with Crippen LogP contribution >= 0.6 is 0 Å². The number of benzene rings is 2. The maximum Gasteiger partial charge on any atom is 0.342 e. The van der Waals surface area contributed by atoms with E-state index in [0.717, 1.165) is 11.3 Å². The lowest BCUT2D eigenvalue weighted by atomic mass is 10.1. The van der Waals surface area contributed by atoms with E-state index in [-0.39, 0.29) is 6.61 Å². The molecule has 1 aromatic heterocycles. The first kappa shape index (κ1) is 16.6. The van der Waals surface area contributed by atoms with E-state index in [0.29, 0.717) is 22.8 Å². The Hall–Kier alpha value is -3.28. The number of hydrogen-bond acceptors (Lipinski definition) is 6. The van der Waals surface area contributed by atoms with Gasteiger partial charge in [0.15, 0.2) is 5.76 Å². The molecular formula is C19H17NO5. The number of hydrogen-bond donors (Lipinski definition) is 0. The van der Waals surface area contributed by atoms with Crippen LogP contribution in [0.2, 0.25) is 0 Å². The fourth-order valence-electron chi connectivity index (χ4n) is 2.30. The average molecular weight is 339 g/mol. The van der Waals surface area contributed by atoms with Crippen LogP contribution in [0.3, 0.4) is 0 Å². The Morgan fingerprint density at radius 1 is 1.04 bits per heavy atom. The molecule has 0 aliphatic heterocycles. The summed E-state index contributed by atoms with van der Waals surface area (Å²) in [6.45, 7) is 0.0105. The molecule has 2 aromatic carbocycles. The number of aromatic nitrogens is 1. The third-order valence-electron chi connectivity index (χ3n) is 3.61. The molecule has 3 rings (SSSR count). The van der Waals surface area contributed by atoms with Gasteiger partial charge in [-0.05, 0) is 36.4 Å². The zero-order valence-electron chi connectivity index (χ0n) is 13.9. The van der Waals surface area contributed by atoms with Gasteiger partial charge >= 0.3 is 5.97 Å². The largest absolute Gasteiger partial charge is 0.497 e. The molecule has 0 aliphatic carbocycles. The van der Waals surface area contributed by atoms with Crippen LogP contribution < -0.4 is 9.47 Å². The molecule has 0 aliphatic rings. The van der Waals surface area contributed by atoms with Crippen molar-refractivity contribution in [3.8, 4) is 22.8 Å². The van der Waals surface area contributed by atoms with Crippen molar-refractivity contribution in [1.82, 2.24) is 5.16 Å². The third-order valence-corrected chi connectivity index (χ3v) is 3.61. The van der Waals surface area contributed by atoms with Crippen LogP contribution in [0.15, 0.2) is 59.1 Å². The lowest BCUT2D eigenvalue weighted by Crippen LogP contribution is -2.07. The van der Waals surface area contributed by atoms with Crippen LogP contribution in [-0.4, -0.2) is 25.3 Å². The predicted molar refractivity (Wildman–Crippen MR) is 90.6 cm³/mol. The maximum absolute atomic E-state index is 12.2. The van der Waals surface area contributed by atoms with Gasteiger partial charge in [-0.25, -0.2) is 4.79 Å². The van der Waals surface area contributed by atoms with Crippen molar-refractivity contribution in [2.24, 2.45) is 0 Å². The van der Waals surface area contributed by atoms with E-state index < -0.39 is 5.97 Å². The van der Waals surface area contributed by atoms with E-state index in [2.05, 4.69) is 5.16 Å². The van der Waals surface area contributed by atoms with Crippen LogP contribution in [0, 0.1) is 0 Å². The topological polar surface area (TPSA) is 70.8 Å². The summed E-state index contributed by atoms with van der Waals surface area (Å²) in [6, 6.07) is 16.0. The molecular weight excluding hydrogens is 322 g/mol. The Morgan fingerprint density at radius 2 is 1.80 bits per heavy atom. The molecule has 0 saturated heterocycles. The van der Waals surface area contributed by atoms with E-state index in [1.54, 1.807) is 37.4 Å². The zero-order valence-corrected chi connectivity index (χ0v) is 13.9. The van der Waals surface area contributed by atoms with Gasteiger partial charge in [0, 0.05) is 11.6 Å². The fourth-order valence-corrected chi connectivity index (χ4v) is 2.30. The van der Waals surface area contributed by atoms with Crippen molar-refractivity contribution in [3.63, 3.8) is 0 Å². The predicted octanol–water partition coefficient (Wildman–Crippen LogP) is 3.72. The number of methoxy groups -OCH3 is 2. The number of ether oxygens (including phenoxy) is 3. The van der Waals surface area contributed by atoms with Crippen molar-refractivity contribution in [1.29, 1.82) is 0 Å². The molecule has 25 heavy (non-hydrogen) atoms. The van der Waals surface area contributed by atoms with E-state index in [9.17, 15) is 4.79 Å². The summed E-state index contributed by atoms with van der Waals surface area (Å²) in [5.74, 6) is 1.33. The second kappa shape index (κ2) is 7.53. The monoisotopic (exact) mass is 339 g/mol. The second-order valence-corrected chi connectivity index (χ2v) is 5.19. The summed E-state index contributed by atoms with van der Waals surface area (Å²) in [4.78, 5) is 12.2. The minimum absolute atomic E-state index is 0.0105. The standard InChI is InChI=1S/C19H17NO5/c1-22-15-9-7-13(8-10-15)18-11-14(20-25-18)12-24-19(21)16-5-3-4-6-17(16)23-2/h3-11H,12H2,1-2H3. The van der Waals surface area contributed by atoms with Crippen molar-refractivity contribution in [2.75, 3.05) is 14.2 Å². The number of carbonyl (C=O) groups excluding carboxylic acids is 1. The molecule has 128 valence electrons. The Labute approximate surface area is 144 Å². The minimum Gasteiger partial charge on any atom is -0.497 e. The highest BCUT2D eigenvalue weighted by molar-refractivity contribution is 5.92. The number of esters is 1. The van der Waals surface area contributed by atoms with Gasteiger partial charge in [-0.15, -0.1) is 0 Å². The molecule has 1 heterocycles. The molecule has 6 nitrogen and oxygen atoms in total. The molecule has 0 fully saturated rings. The van der Waals surface area contributed by atoms with E-state index in [4.69, 9.17) is 18.7 Å². The fraction of sp³-hybridized carbons (Fsp3) is 0.158. The van der Waals surface area contributed by atoms with E-state index in [1.807, 2.05) is 24.3 Å². The SMILES string of the molecule is COc1ccc(-c2cc(COC(=O)c3ccccc3OC)no2)cc1. The Morgan fingerprint density at radius 3 is 2.52 bits per heavy atom. The molecule has 6 heteroatoms. The summed E-state index contributed by atoms with van der Waals surface area (Å²) in [7, 11) is 3.11. The van der Waals surface area contributed by atoms with Crippen LogP contribution in [0.4, 0.5) is 0 Å². The van der Waals surface area contributed by atoms with Gasteiger partial charge in [0.25, 0.3) is 0 Å². The van der Waals surface area contributed by atoms with Gasteiger partial charge in [-0.2, -0.15) is 0 Å². The van der Waals surface area contributed by atoms with Gasteiger partial charge in [0.2, 0.25) is 0 Å². The summed E-state index contributed by atoms with van der Waals surface area (Å²) in [5.41, 5.74) is 1.74. The Balaban J connectivity index is 1.66. The zero-order chi connectivity index (χ0) is 17.6. The number of nitrogens with zero attached hydrogens (tertiary/aromatic N) is 1. The van der Waals surface area contributed by atoms with Crippen molar-refractivity contribution in [2.45, 2.75) is 6.61 Å². The first-order valence-corrected chi connectivity index (χ1v) is 7.61. The highest BCUT2D eigenvalue weighted by atomic mass is 16.5. The normalized spacial score (nSPS) is 10.3. The quantitative estimate of drug-likeness (QED) is 0.638. The van der Waals surface area contributed by atoms with Crippen molar-refractivity contribution >= 4 is 5.97 Å². The number of rotatable bonds is 6. The van der Waals surface area contributed by atoms with Gasteiger partial charge in [-0.3, -0.25) is 0 Å². The van der Waals surface area contributed by atoms with Gasteiger partial charge < -0.3 is 18.7 Å². The Kier molecular flexibility index (Phi) is 4.99. The van der Waals surface area contributed by atoms with Gasteiger partial charge in [0.1, 0.15) is 29.4 Å². The molecule has 0 radical (unpaired) electrons. The molecule has 0 amide bonds. The molecule has 0 spiro atoms. The van der Waals surface area contributed by atoms with Crippen LogP contribution in [-0.2, 0) is 11.3 Å². The molecule has 0 unspecified atom stereocenters. The van der Waals surface area contributed by atoms with Crippen LogP contribution in [0.1, 0.15) is 16.1 Å². The van der Waals surface area contributed by atoms with Crippen molar-refractivity contribution in [3.05, 3.63) is 65.9 Å². The first-order chi connectivity index (χ1) is 12.2. The third kappa shape index (κ3) is 3.80. The molecule has 0 N–H and O–H groups in total. The van der Waals surface area contributed by atoms with Crippen LogP contribution in [0.25, 0.3) is 11.3 Å². The first-order valence-electron chi connectivity index (χ1n) is 7.61. The molecule has 3 aromatic rings. The molecule has 0 bridgehead atoms. The smallest absolute Gasteiger partial charge is 0.342 e. The number of carbonyl (C=O) groups is 1. The number of para-hydroxylation sites is 1. The summed E-state index contributed by atoms with van der Waals surface area (Å²) >= 11 is 0. The lowest BCUT2D eigenvalue weighted by Gasteiger charge is -2.07. The molecule has 0 saturated carbocycles. The minimum atomic E-state index is -0.480. The summed E-state index contributed by atoms with van der Waals surface area (Å²) in [6.07, 6.45) is 0. The Bertz CT molecular complexity index is 854. The molecule has 0 atom stereocenters. The lowest BCUT2D eigenvalue weighted by molar-refractivity contribution is 0.0460. The van der Waals surface area contributed by atoms with Gasteiger partial charge in [-0.1, -0.05) is 17.3 Å².